The quantitative estimate of drug-likeness (QED) is 0.116. The van der Waals surface area contributed by atoms with Gasteiger partial charge in [-0.3, -0.25) is 0 Å². The van der Waals surface area contributed by atoms with E-state index in [1.54, 1.807) is 9.36 Å². The van der Waals surface area contributed by atoms with E-state index in [1.807, 2.05) is 66.7 Å². The smallest absolute Gasteiger partial charge is 0.355 e. The van der Waals surface area contributed by atoms with Crippen LogP contribution in [0.2, 0.25) is 5.15 Å². The van der Waals surface area contributed by atoms with Crippen LogP contribution in [0.1, 0.15) is 78.1 Å². The number of benzene rings is 5. The molecule has 57 heavy (non-hydrogen) atoms. The van der Waals surface area contributed by atoms with Gasteiger partial charge in [0.2, 0.25) is 5.82 Å². The van der Waals surface area contributed by atoms with Gasteiger partial charge in [-0.15, -0.1) is 15.0 Å². The molecule has 1 fully saturated rings. The molecular weight excluding hydrogens is 730 g/mol. The molecule has 9 nitrogen and oxygen atoms in total. The molecule has 10 heteroatoms. The highest BCUT2D eigenvalue weighted by atomic mass is 35.5. The summed E-state index contributed by atoms with van der Waals surface area (Å²) in [5.41, 5.74) is 7.10. The Labute approximate surface area is 338 Å². The van der Waals surface area contributed by atoms with Crippen molar-refractivity contribution in [3.05, 3.63) is 172 Å². The van der Waals surface area contributed by atoms with Gasteiger partial charge < -0.3 is 14.6 Å². The third-order valence-corrected chi connectivity index (χ3v) is 11.4. The minimum absolute atomic E-state index is 0.0179. The number of tetrazole rings is 1. The van der Waals surface area contributed by atoms with E-state index in [1.165, 1.54) is 6.42 Å². The first-order valence-electron chi connectivity index (χ1n) is 19.8. The number of aromatic nitrogens is 6. The van der Waals surface area contributed by atoms with E-state index in [-0.39, 0.29) is 10.8 Å². The number of aryl methyl sites for hydroxylation is 1. The Morgan fingerprint density at radius 2 is 1.47 bits per heavy atom. The van der Waals surface area contributed by atoms with Crippen molar-refractivity contribution in [1.82, 2.24) is 29.8 Å². The predicted molar refractivity (Wildman–Crippen MR) is 226 cm³/mol. The normalized spacial score (nSPS) is 14.5. The predicted octanol–water partition coefficient (Wildman–Crippen LogP) is 10.0. The molecular formula is C47H46ClN7O2. The third-order valence-electron chi connectivity index (χ3n) is 11.1. The zero-order chi connectivity index (χ0) is 39.4. The monoisotopic (exact) mass is 775 g/mol. The van der Waals surface area contributed by atoms with Gasteiger partial charge in [0.1, 0.15) is 5.82 Å². The second-order valence-corrected chi connectivity index (χ2v) is 15.4. The summed E-state index contributed by atoms with van der Waals surface area (Å²) in [5.74, 6) is 0.719. The molecule has 0 bridgehead atoms. The van der Waals surface area contributed by atoms with Crippen molar-refractivity contribution in [3.63, 3.8) is 0 Å². The minimum atomic E-state index is -1.09. The van der Waals surface area contributed by atoms with E-state index in [4.69, 9.17) is 27.0 Å². The minimum Gasteiger partial charge on any atom is -0.476 e. The molecule has 0 radical (unpaired) electrons. The van der Waals surface area contributed by atoms with E-state index in [2.05, 4.69) is 90.5 Å². The molecule has 1 aliphatic rings. The molecule has 1 aliphatic heterocycles. The van der Waals surface area contributed by atoms with Crippen molar-refractivity contribution >= 4 is 23.3 Å². The summed E-state index contributed by atoms with van der Waals surface area (Å²) in [7, 11) is 0. The molecule has 2 aromatic heterocycles. The summed E-state index contributed by atoms with van der Waals surface area (Å²) >= 11 is 6.36. The van der Waals surface area contributed by atoms with Crippen LogP contribution < -0.4 is 4.90 Å². The summed E-state index contributed by atoms with van der Waals surface area (Å²) < 4.78 is 1.74. The van der Waals surface area contributed by atoms with Gasteiger partial charge in [-0.25, -0.2) is 9.78 Å². The van der Waals surface area contributed by atoms with Crippen LogP contribution in [0, 0.1) is 5.92 Å². The number of imidazole rings is 1. The van der Waals surface area contributed by atoms with Gasteiger partial charge in [0, 0.05) is 37.3 Å². The average molecular weight is 776 g/mol. The molecule has 0 amide bonds. The maximum atomic E-state index is 12.3. The zero-order valence-electron chi connectivity index (χ0n) is 32.3. The van der Waals surface area contributed by atoms with E-state index in [0.717, 1.165) is 77.0 Å². The molecule has 3 heterocycles. The first-order valence-corrected chi connectivity index (χ1v) is 20.2. The van der Waals surface area contributed by atoms with Crippen molar-refractivity contribution in [3.8, 4) is 22.5 Å². The van der Waals surface area contributed by atoms with Crippen molar-refractivity contribution in [2.45, 2.75) is 58.0 Å². The van der Waals surface area contributed by atoms with Crippen LogP contribution in [0.15, 0.2) is 133 Å². The van der Waals surface area contributed by atoms with Crippen LogP contribution in [0.4, 0.5) is 5.69 Å². The fraction of sp³-hybridized carbons (Fsp3) is 0.255. The summed E-state index contributed by atoms with van der Waals surface area (Å²) in [5, 5.41) is 25.0. The number of hydrogen-bond acceptors (Lipinski definition) is 6. The van der Waals surface area contributed by atoms with Gasteiger partial charge in [0.25, 0.3) is 0 Å². The van der Waals surface area contributed by atoms with Crippen LogP contribution in [-0.2, 0) is 18.5 Å². The Bertz CT molecular complexity index is 2350. The molecule has 0 saturated carbocycles. The summed E-state index contributed by atoms with van der Waals surface area (Å²) in [6.07, 6.45) is 4.89. The summed E-state index contributed by atoms with van der Waals surface area (Å²) in [6, 6.07) is 45.9. The number of piperidine rings is 1. The van der Waals surface area contributed by atoms with E-state index in [9.17, 15) is 9.90 Å². The van der Waals surface area contributed by atoms with Crippen molar-refractivity contribution in [2.24, 2.45) is 5.92 Å². The van der Waals surface area contributed by atoms with Gasteiger partial charge in [-0.05, 0) is 82.0 Å². The lowest BCUT2D eigenvalue weighted by molar-refractivity contribution is 0.0685. The third kappa shape index (κ3) is 7.47. The first kappa shape index (κ1) is 37.8. The van der Waals surface area contributed by atoms with Gasteiger partial charge in [-0.1, -0.05) is 147 Å². The zero-order valence-corrected chi connectivity index (χ0v) is 33.1. The van der Waals surface area contributed by atoms with Crippen LogP contribution in [0.3, 0.4) is 0 Å². The Kier molecular flexibility index (Phi) is 11.0. The van der Waals surface area contributed by atoms with Crippen molar-refractivity contribution < 1.29 is 9.90 Å². The Balaban J connectivity index is 1.24. The highest BCUT2D eigenvalue weighted by molar-refractivity contribution is 6.32. The maximum absolute atomic E-state index is 12.3. The lowest BCUT2D eigenvalue weighted by Crippen LogP contribution is -2.39. The van der Waals surface area contributed by atoms with Crippen LogP contribution in [0.25, 0.3) is 22.5 Å². The topological polar surface area (TPSA) is 102 Å². The van der Waals surface area contributed by atoms with E-state index in [0.29, 0.717) is 30.5 Å². The summed E-state index contributed by atoms with van der Waals surface area (Å²) in [4.78, 5) is 20.9. The molecule has 0 unspecified atom stereocenters. The molecule has 0 aliphatic carbocycles. The number of carboxylic acids is 1. The lowest BCUT2D eigenvalue weighted by Gasteiger charge is -2.34. The highest BCUT2D eigenvalue weighted by Crippen LogP contribution is 2.41. The second kappa shape index (κ2) is 16.6. The number of carboxylic acid groups (broad SMARTS) is 1. The van der Waals surface area contributed by atoms with Crippen molar-refractivity contribution in [2.75, 3.05) is 18.0 Å². The molecule has 1 atom stereocenters. The average Bonchev–Trinajstić information content (AvgIpc) is 3.86. The molecule has 0 spiro atoms. The van der Waals surface area contributed by atoms with Gasteiger partial charge in [-0.2, -0.15) is 0 Å². The maximum Gasteiger partial charge on any atom is 0.355 e. The molecule has 8 rings (SSSR count). The Morgan fingerprint density at radius 1 is 0.842 bits per heavy atom. The lowest BCUT2D eigenvalue weighted by atomic mass is 9.77. The molecule has 5 aromatic carbocycles. The molecule has 7 aromatic rings. The molecule has 288 valence electrons. The fourth-order valence-electron chi connectivity index (χ4n) is 8.27. The van der Waals surface area contributed by atoms with E-state index < -0.39 is 11.5 Å². The van der Waals surface area contributed by atoms with Gasteiger partial charge in [0.15, 0.2) is 16.4 Å². The SMILES string of the molecule is CCCCc1nc(Cl)c(C(=O)O)n1Cc1ccc(-c2cc(N3CCC[C@H](C)C3)ccc2-c2nnn(C(c3ccccc3)(c3ccccc3)c3ccccc3)n2)cc1. The number of rotatable bonds is 13. The number of nitrogens with zero attached hydrogens (tertiary/aromatic N) is 7. The number of unbranched alkanes of at least 4 members (excludes halogenated alkanes) is 1. The second-order valence-electron chi connectivity index (χ2n) is 15.0. The number of carbonyl (C=O) groups is 1. The molecule has 1 saturated heterocycles. The number of anilines is 1. The Morgan fingerprint density at radius 3 is 2.05 bits per heavy atom. The number of halogens is 1. The largest absolute Gasteiger partial charge is 0.476 e. The van der Waals surface area contributed by atoms with E-state index >= 15 is 0 Å². The van der Waals surface area contributed by atoms with Crippen LogP contribution in [0.5, 0.6) is 0 Å². The Hall–Kier alpha value is -6.06. The standard InChI is InChI=1S/C47H46ClN7O2/c1-3-4-22-42-49-44(48)43(46(56)57)54(42)32-34-23-25-35(26-24-34)41-30-39(53-29-14-15-33(2)31-53)27-28-40(41)45-50-52-55(51-45)47(36-16-8-5-9-17-36,37-18-10-6-11-19-37)38-20-12-7-13-21-38/h5-13,16-21,23-28,30,33H,3-4,14-15,22,29,31-32H2,1-2H3,(H,56,57)/t33-/m0/s1. The highest BCUT2D eigenvalue weighted by Gasteiger charge is 2.41. The first-order chi connectivity index (χ1) is 27.9. The van der Waals surface area contributed by atoms with Gasteiger partial charge in [0.05, 0.1) is 0 Å². The van der Waals surface area contributed by atoms with Crippen LogP contribution >= 0.6 is 11.6 Å². The fourth-order valence-corrected chi connectivity index (χ4v) is 8.55. The van der Waals surface area contributed by atoms with Crippen molar-refractivity contribution in [1.29, 1.82) is 0 Å². The number of aromatic carboxylic acids is 1. The van der Waals surface area contributed by atoms with Crippen LogP contribution in [-0.4, -0.2) is 53.9 Å². The molecule has 1 N–H and O–H groups in total. The number of hydrogen-bond donors (Lipinski definition) is 1. The van der Waals surface area contributed by atoms with Gasteiger partial charge >= 0.3 is 5.97 Å². The summed E-state index contributed by atoms with van der Waals surface area (Å²) in [6.45, 7) is 6.76.